The largest absolute Gasteiger partial charge is 0.524 e. The van der Waals surface area contributed by atoms with Crippen LogP contribution in [0.25, 0.3) is 0 Å². The number of phenols is 1. The summed E-state index contributed by atoms with van der Waals surface area (Å²) in [4.78, 5) is 40.8. The molecule has 0 radical (unpaired) electrons. The van der Waals surface area contributed by atoms with Gasteiger partial charge < -0.3 is 31.5 Å². The molecule has 1 aromatic carbocycles. The number of phosphoric ester groups is 1. The quantitative estimate of drug-likeness (QED) is 0.184. The third-order valence-corrected chi connectivity index (χ3v) is 4.03. The molecule has 0 aliphatic heterocycles. The summed E-state index contributed by atoms with van der Waals surface area (Å²) >= 11 is 0. The van der Waals surface area contributed by atoms with E-state index < -0.39 is 43.3 Å². The lowest BCUT2D eigenvalue weighted by Crippen LogP contribution is -2.49. The van der Waals surface area contributed by atoms with E-state index in [1.165, 1.54) is 6.07 Å². The van der Waals surface area contributed by atoms with Crippen LogP contribution in [0, 0.1) is 0 Å². The van der Waals surface area contributed by atoms with Crippen molar-refractivity contribution in [1.29, 1.82) is 0 Å². The van der Waals surface area contributed by atoms with Crippen molar-refractivity contribution in [2.45, 2.75) is 37.8 Å². The molecule has 12 heteroatoms. The van der Waals surface area contributed by atoms with E-state index in [1.54, 1.807) is 0 Å². The van der Waals surface area contributed by atoms with Crippen molar-refractivity contribution in [2.24, 2.45) is 11.5 Å². The highest BCUT2D eigenvalue weighted by molar-refractivity contribution is 7.46. The molecule has 9 N–H and O–H groups in total. The van der Waals surface area contributed by atoms with E-state index in [4.69, 9.17) is 26.4 Å². The Hall–Kier alpha value is -2.17. The molecule has 1 amide bonds. The molecule has 0 saturated carbocycles. The Morgan fingerprint density at radius 3 is 2.44 bits per heavy atom. The van der Waals surface area contributed by atoms with Gasteiger partial charge in [0.2, 0.25) is 5.91 Å². The van der Waals surface area contributed by atoms with Gasteiger partial charge in [-0.05, 0) is 49.9 Å². The van der Waals surface area contributed by atoms with Crippen molar-refractivity contribution in [3.05, 3.63) is 23.8 Å². The summed E-state index contributed by atoms with van der Waals surface area (Å²) in [7, 11) is -4.82. The third kappa shape index (κ3) is 8.37. The number of hydrogen-bond donors (Lipinski definition) is 7. The molecular formula is C15H24N3O8P. The van der Waals surface area contributed by atoms with Gasteiger partial charge in [0, 0.05) is 0 Å². The molecule has 0 spiro atoms. The fraction of sp³-hybridized carbons (Fsp3) is 0.467. The number of benzene rings is 1. The number of carbonyl (C=O) groups is 2. The number of carboxylic acid groups (broad SMARTS) is 1. The number of carbonyl (C=O) groups excluding carboxylic acids is 1. The van der Waals surface area contributed by atoms with Crippen LogP contribution in [0.3, 0.4) is 0 Å². The molecule has 2 atom stereocenters. The van der Waals surface area contributed by atoms with E-state index in [2.05, 4.69) is 9.84 Å². The number of rotatable bonds is 11. The van der Waals surface area contributed by atoms with Crippen molar-refractivity contribution < 1.29 is 38.7 Å². The monoisotopic (exact) mass is 405 g/mol. The van der Waals surface area contributed by atoms with Gasteiger partial charge in [-0.25, -0.2) is 9.36 Å². The smallest absolute Gasteiger partial charge is 0.504 e. The lowest BCUT2D eigenvalue weighted by Gasteiger charge is -2.18. The fourth-order valence-electron chi connectivity index (χ4n) is 2.27. The second kappa shape index (κ2) is 10.2. The maximum Gasteiger partial charge on any atom is 0.524 e. The minimum atomic E-state index is -4.82. The first kappa shape index (κ1) is 22.9. The minimum absolute atomic E-state index is 0.0370. The molecule has 0 bridgehead atoms. The number of phosphoric acid groups is 1. The van der Waals surface area contributed by atoms with Crippen LogP contribution in [0.15, 0.2) is 18.2 Å². The lowest BCUT2D eigenvalue weighted by molar-refractivity contribution is -0.142. The SMILES string of the molecule is NCCCC[C@H](NC(=O)[C@@H](N)Cc1ccc(OP(=O)(O)O)c(O)c1)C(=O)O. The first-order chi connectivity index (χ1) is 12.5. The molecule has 11 nitrogen and oxygen atoms in total. The van der Waals surface area contributed by atoms with Crippen LogP contribution in [0.4, 0.5) is 0 Å². The zero-order valence-corrected chi connectivity index (χ0v) is 15.3. The van der Waals surface area contributed by atoms with Gasteiger partial charge in [-0.1, -0.05) is 6.07 Å². The number of carboxylic acids is 1. The van der Waals surface area contributed by atoms with Gasteiger partial charge in [0.15, 0.2) is 11.5 Å². The predicted octanol–water partition coefficient (Wildman–Crippen LogP) is -0.568. The molecule has 27 heavy (non-hydrogen) atoms. The normalized spacial score (nSPS) is 13.6. The number of phenolic OH excluding ortho intramolecular Hbond substituents is 1. The average Bonchev–Trinajstić information content (AvgIpc) is 2.55. The van der Waals surface area contributed by atoms with E-state index >= 15 is 0 Å². The number of nitrogens with one attached hydrogen (secondary N) is 1. The van der Waals surface area contributed by atoms with Crippen molar-refractivity contribution in [1.82, 2.24) is 5.32 Å². The third-order valence-electron chi connectivity index (χ3n) is 3.59. The molecule has 0 saturated heterocycles. The van der Waals surface area contributed by atoms with E-state index in [-0.39, 0.29) is 12.8 Å². The van der Waals surface area contributed by atoms with Crippen LogP contribution in [-0.2, 0) is 20.6 Å². The minimum Gasteiger partial charge on any atom is -0.504 e. The van der Waals surface area contributed by atoms with Gasteiger partial charge >= 0.3 is 13.8 Å². The molecule has 0 aliphatic carbocycles. The first-order valence-corrected chi connectivity index (χ1v) is 9.62. The standard InChI is InChI=1S/C15H24N3O8P/c16-6-2-1-3-11(15(21)22)18-14(20)10(17)7-9-4-5-13(12(19)8-9)26-27(23,24)25/h4-5,8,10-11,19H,1-3,6-7,16-17H2,(H,18,20)(H,21,22)(H2,23,24,25)/t10-,11-/m0/s1. The molecule has 152 valence electrons. The van der Waals surface area contributed by atoms with Gasteiger partial charge in [-0.2, -0.15) is 0 Å². The Morgan fingerprint density at radius 2 is 1.93 bits per heavy atom. The van der Waals surface area contributed by atoms with Crippen molar-refractivity contribution in [3.8, 4) is 11.5 Å². The van der Waals surface area contributed by atoms with E-state index in [0.717, 1.165) is 12.1 Å². The molecule has 0 fully saturated rings. The number of aromatic hydroxyl groups is 1. The number of aliphatic carboxylic acids is 1. The summed E-state index contributed by atoms with van der Waals surface area (Å²) in [5.41, 5.74) is 11.5. The number of hydrogen-bond acceptors (Lipinski definition) is 7. The van der Waals surface area contributed by atoms with Crippen LogP contribution in [-0.4, -0.2) is 50.5 Å². The van der Waals surface area contributed by atoms with Crippen LogP contribution in [0.2, 0.25) is 0 Å². The maximum atomic E-state index is 12.1. The molecule has 0 heterocycles. The number of nitrogens with two attached hydrogens (primary N) is 2. The van der Waals surface area contributed by atoms with Crippen LogP contribution < -0.4 is 21.3 Å². The van der Waals surface area contributed by atoms with E-state index in [9.17, 15) is 19.3 Å². The maximum absolute atomic E-state index is 12.1. The average molecular weight is 405 g/mol. The van der Waals surface area contributed by atoms with Crippen LogP contribution in [0.1, 0.15) is 24.8 Å². The summed E-state index contributed by atoms with van der Waals surface area (Å²) in [6.07, 6.45) is 1.36. The fourth-order valence-corrected chi connectivity index (χ4v) is 2.68. The van der Waals surface area contributed by atoms with Crippen molar-refractivity contribution in [3.63, 3.8) is 0 Å². The summed E-state index contributed by atoms with van der Waals surface area (Å²) in [6.45, 7) is 0.422. The molecule has 1 aromatic rings. The Balaban J connectivity index is 2.69. The van der Waals surface area contributed by atoms with Crippen molar-refractivity contribution in [2.75, 3.05) is 6.54 Å². The summed E-state index contributed by atoms with van der Waals surface area (Å²) in [5.74, 6) is -2.81. The molecule has 1 rings (SSSR count). The van der Waals surface area contributed by atoms with Gasteiger partial charge in [-0.3, -0.25) is 14.6 Å². The molecule has 0 aliphatic rings. The Kier molecular flexibility index (Phi) is 8.67. The topological polar surface area (TPSA) is 205 Å². The zero-order chi connectivity index (χ0) is 20.6. The highest BCUT2D eigenvalue weighted by atomic mass is 31.2. The van der Waals surface area contributed by atoms with Crippen LogP contribution >= 0.6 is 7.82 Å². The summed E-state index contributed by atoms with van der Waals surface area (Å²) in [5, 5.41) is 21.3. The highest BCUT2D eigenvalue weighted by Crippen LogP contribution is 2.41. The lowest BCUT2D eigenvalue weighted by atomic mass is 10.0. The Bertz CT molecular complexity index is 708. The van der Waals surface area contributed by atoms with E-state index in [1.807, 2.05) is 0 Å². The molecular weight excluding hydrogens is 381 g/mol. The first-order valence-electron chi connectivity index (χ1n) is 8.09. The summed E-state index contributed by atoms with van der Waals surface area (Å²) in [6, 6.07) is 1.47. The highest BCUT2D eigenvalue weighted by Gasteiger charge is 2.24. The predicted molar refractivity (Wildman–Crippen MR) is 94.9 cm³/mol. The Morgan fingerprint density at radius 1 is 1.26 bits per heavy atom. The second-order valence-corrected chi connectivity index (χ2v) is 7.04. The number of unbranched alkanes of at least 4 members (excludes halogenated alkanes) is 1. The second-order valence-electron chi connectivity index (χ2n) is 5.88. The zero-order valence-electron chi connectivity index (χ0n) is 14.4. The van der Waals surface area contributed by atoms with E-state index in [0.29, 0.717) is 24.9 Å². The van der Waals surface area contributed by atoms with Crippen molar-refractivity contribution >= 4 is 19.7 Å². The van der Waals surface area contributed by atoms with Gasteiger partial charge in [0.25, 0.3) is 0 Å². The molecule has 0 unspecified atom stereocenters. The number of amides is 1. The summed E-state index contributed by atoms with van der Waals surface area (Å²) < 4.78 is 15.1. The van der Waals surface area contributed by atoms with Gasteiger partial charge in [0.1, 0.15) is 6.04 Å². The Labute approximate surface area is 155 Å². The van der Waals surface area contributed by atoms with Gasteiger partial charge in [0.05, 0.1) is 6.04 Å². The van der Waals surface area contributed by atoms with Gasteiger partial charge in [-0.15, -0.1) is 0 Å². The molecule has 0 aromatic heterocycles. The van der Waals surface area contributed by atoms with Crippen LogP contribution in [0.5, 0.6) is 11.5 Å².